The Hall–Kier alpha value is -1.35. The molecule has 96 valence electrons. The van der Waals surface area contributed by atoms with E-state index in [1.165, 1.54) is 30.4 Å². The van der Waals surface area contributed by atoms with E-state index in [9.17, 15) is 4.79 Å². The van der Waals surface area contributed by atoms with Crippen molar-refractivity contribution < 1.29 is 4.79 Å². The average molecular weight is 244 g/mol. The Morgan fingerprint density at radius 1 is 1.33 bits per heavy atom. The lowest BCUT2D eigenvalue weighted by molar-refractivity contribution is -0.122. The number of hydrogen-bond acceptors (Lipinski definition) is 2. The second kappa shape index (κ2) is 5.11. The van der Waals surface area contributed by atoms with E-state index in [1.54, 1.807) is 0 Å². The van der Waals surface area contributed by atoms with Gasteiger partial charge in [0.25, 0.3) is 0 Å². The highest BCUT2D eigenvalue weighted by Crippen LogP contribution is 2.27. The van der Waals surface area contributed by atoms with E-state index >= 15 is 0 Å². The summed E-state index contributed by atoms with van der Waals surface area (Å²) in [5.41, 5.74) is 2.45. The third-order valence-electron chi connectivity index (χ3n) is 4.20. The smallest absolute Gasteiger partial charge is 0.228 e. The van der Waals surface area contributed by atoms with Gasteiger partial charge in [-0.3, -0.25) is 4.79 Å². The maximum atomic E-state index is 12.3. The summed E-state index contributed by atoms with van der Waals surface area (Å²) in [6.07, 6.45) is 3.88. The lowest BCUT2D eigenvalue weighted by Gasteiger charge is -2.29. The topological polar surface area (TPSA) is 41.1 Å². The van der Waals surface area contributed by atoms with Gasteiger partial charge in [-0.25, -0.2) is 0 Å². The van der Waals surface area contributed by atoms with Crippen LogP contribution in [0, 0.1) is 5.92 Å². The fourth-order valence-electron chi connectivity index (χ4n) is 2.80. The highest BCUT2D eigenvalue weighted by molar-refractivity contribution is 5.84. The lowest BCUT2D eigenvalue weighted by Crippen LogP contribution is -2.41. The van der Waals surface area contributed by atoms with Crippen LogP contribution in [0.5, 0.6) is 0 Å². The summed E-state index contributed by atoms with van der Waals surface area (Å²) in [4.78, 5) is 12.3. The van der Waals surface area contributed by atoms with E-state index < -0.39 is 0 Å². The molecule has 1 aromatic carbocycles. The molecule has 1 aliphatic heterocycles. The summed E-state index contributed by atoms with van der Waals surface area (Å²) in [7, 11) is 0. The summed E-state index contributed by atoms with van der Waals surface area (Å²) in [6, 6.07) is 8.25. The van der Waals surface area contributed by atoms with Gasteiger partial charge in [-0.1, -0.05) is 30.7 Å². The SMILES string of the molecule is O=C(NCC1CCC1)C1CNCc2ccccc21. The number of nitrogens with one attached hydrogen (secondary N) is 2. The van der Waals surface area contributed by atoms with Crippen molar-refractivity contribution >= 4 is 5.91 Å². The van der Waals surface area contributed by atoms with Gasteiger partial charge >= 0.3 is 0 Å². The molecule has 1 fully saturated rings. The average Bonchev–Trinajstić information content (AvgIpc) is 2.36. The summed E-state index contributed by atoms with van der Waals surface area (Å²) >= 11 is 0. The van der Waals surface area contributed by atoms with E-state index in [0.717, 1.165) is 25.6 Å². The molecule has 1 saturated carbocycles. The van der Waals surface area contributed by atoms with E-state index in [4.69, 9.17) is 0 Å². The van der Waals surface area contributed by atoms with Crippen LogP contribution < -0.4 is 10.6 Å². The number of carbonyl (C=O) groups is 1. The molecule has 0 bridgehead atoms. The summed E-state index contributed by atoms with van der Waals surface area (Å²) in [5, 5.41) is 6.44. The zero-order valence-electron chi connectivity index (χ0n) is 10.6. The molecule has 1 aromatic rings. The molecule has 2 aliphatic rings. The fourth-order valence-corrected chi connectivity index (χ4v) is 2.80. The first-order valence-corrected chi connectivity index (χ1v) is 6.91. The Morgan fingerprint density at radius 2 is 2.17 bits per heavy atom. The number of hydrogen-bond donors (Lipinski definition) is 2. The van der Waals surface area contributed by atoms with Crippen molar-refractivity contribution in [3.8, 4) is 0 Å². The molecule has 18 heavy (non-hydrogen) atoms. The van der Waals surface area contributed by atoms with Crippen molar-refractivity contribution in [1.29, 1.82) is 0 Å². The first kappa shape index (κ1) is 11.7. The fraction of sp³-hybridized carbons (Fsp3) is 0.533. The highest BCUT2D eigenvalue weighted by atomic mass is 16.1. The minimum absolute atomic E-state index is 0.0185. The van der Waals surface area contributed by atoms with Gasteiger partial charge in [-0.05, 0) is 29.9 Å². The second-order valence-corrected chi connectivity index (χ2v) is 5.42. The molecular formula is C15H20N2O. The molecule has 0 spiro atoms. The van der Waals surface area contributed by atoms with Crippen LogP contribution in [0.3, 0.4) is 0 Å². The Morgan fingerprint density at radius 3 is 2.94 bits per heavy atom. The Balaban J connectivity index is 1.66. The number of benzene rings is 1. The van der Waals surface area contributed by atoms with Crippen molar-refractivity contribution in [2.75, 3.05) is 13.1 Å². The van der Waals surface area contributed by atoms with Gasteiger partial charge in [0.15, 0.2) is 0 Å². The van der Waals surface area contributed by atoms with E-state index in [2.05, 4.69) is 22.8 Å². The van der Waals surface area contributed by atoms with Crippen LogP contribution in [0.4, 0.5) is 0 Å². The van der Waals surface area contributed by atoms with Crippen molar-refractivity contribution in [3.63, 3.8) is 0 Å². The predicted molar refractivity (Wildman–Crippen MR) is 71.2 cm³/mol. The largest absolute Gasteiger partial charge is 0.355 e. The number of amides is 1. The third-order valence-corrected chi connectivity index (χ3v) is 4.20. The van der Waals surface area contributed by atoms with E-state index in [0.29, 0.717) is 0 Å². The third kappa shape index (κ3) is 2.27. The molecule has 0 aromatic heterocycles. The normalized spacial score (nSPS) is 23.0. The lowest BCUT2D eigenvalue weighted by atomic mass is 9.85. The van der Waals surface area contributed by atoms with Gasteiger partial charge in [0.05, 0.1) is 5.92 Å². The standard InChI is InChI=1S/C15H20N2O/c18-15(17-8-11-4-3-5-11)14-10-16-9-12-6-1-2-7-13(12)14/h1-2,6-7,11,14,16H,3-5,8-10H2,(H,17,18). The van der Waals surface area contributed by atoms with Crippen LogP contribution in [0.15, 0.2) is 24.3 Å². The van der Waals surface area contributed by atoms with Crippen LogP contribution in [0.1, 0.15) is 36.3 Å². The molecule has 0 radical (unpaired) electrons. The molecule has 3 heteroatoms. The zero-order chi connectivity index (χ0) is 12.4. The number of fused-ring (bicyclic) bond motifs is 1. The molecule has 1 amide bonds. The minimum atomic E-state index is -0.0185. The van der Waals surface area contributed by atoms with Crippen LogP contribution in [0.25, 0.3) is 0 Å². The first-order chi connectivity index (χ1) is 8.84. The number of rotatable bonds is 3. The summed E-state index contributed by atoms with van der Waals surface area (Å²) in [5.74, 6) is 0.886. The monoisotopic (exact) mass is 244 g/mol. The number of carbonyl (C=O) groups excluding carboxylic acids is 1. The van der Waals surface area contributed by atoms with Gasteiger partial charge in [-0.2, -0.15) is 0 Å². The molecule has 1 heterocycles. The maximum Gasteiger partial charge on any atom is 0.228 e. The van der Waals surface area contributed by atoms with E-state index in [1.807, 2.05) is 12.1 Å². The van der Waals surface area contributed by atoms with Crippen molar-refractivity contribution in [3.05, 3.63) is 35.4 Å². The Kier molecular flexibility index (Phi) is 3.33. The molecule has 1 aliphatic carbocycles. The molecule has 1 atom stereocenters. The van der Waals surface area contributed by atoms with Gasteiger partial charge in [0.2, 0.25) is 5.91 Å². The van der Waals surface area contributed by atoms with Crippen LogP contribution >= 0.6 is 0 Å². The second-order valence-electron chi connectivity index (χ2n) is 5.42. The molecule has 2 N–H and O–H groups in total. The molecule has 1 unspecified atom stereocenters. The molecule has 3 nitrogen and oxygen atoms in total. The molecule has 3 rings (SSSR count). The van der Waals surface area contributed by atoms with Crippen LogP contribution in [0.2, 0.25) is 0 Å². The summed E-state index contributed by atoms with van der Waals surface area (Å²) in [6.45, 7) is 2.49. The Labute approximate surface area is 108 Å². The van der Waals surface area contributed by atoms with Gasteiger partial charge in [0.1, 0.15) is 0 Å². The van der Waals surface area contributed by atoms with Crippen molar-refractivity contribution in [1.82, 2.24) is 10.6 Å². The van der Waals surface area contributed by atoms with Gasteiger partial charge in [0, 0.05) is 19.6 Å². The van der Waals surface area contributed by atoms with Crippen molar-refractivity contribution in [2.45, 2.75) is 31.7 Å². The van der Waals surface area contributed by atoms with Crippen molar-refractivity contribution in [2.24, 2.45) is 5.92 Å². The van der Waals surface area contributed by atoms with E-state index in [-0.39, 0.29) is 11.8 Å². The molecular weight excluding hydrogens is 224 g/mol. The van der Waals surface area contributed by atoms with Crippen LogP contribution in [-0.4, -0.2) is 19.0 Å². The Bertz CT molecular complexity index is 440. The minimum Gasteiger partial charge on any atom is -0.355 e. The highest BCUT2D eigenvalue weighted by Gasteiger charge is 2.27. The van der Waals surface area contributed by atoms with Crippen LogP contribution in [-0.2, 0) is 11.3 Å². The quantitative estimate of drug-likeness (QED) is 0.851. The van der Waals surface area contributed by atoms with Gasteiger partial charge < -0.3 is 10.6 Å². The maximum absolute atomic E-state index is 12.3. The molecule has 0 saturated heterocycles. The zero-order valence-corrected chi connectivity index (χ0v) is 10.6. The predicted octanol–water partition coefficient (Wildman–Crippen LogP) is 1.79. The first-order valence-electron chi connectivity index (χ1n) is 6.91. The van der Waals surface area contributed by atoms with Gasteiger partial charge in [-0.15, -0.1) is 0 Å². The summed E-state index contributed by atoms with van der Waals surface area (Å²) < 4.78 is 0.